The largest absolute Gasteiger partial charge is 0.271 e. The molecule has 0 saturated carbocycles. The lowest BCUT2D eigenvalue weighted by atomic mass is 9.90. The van der Waals surface area contributed by atoms with E-state index in [0.29, 0.717) is 5.82 Å². The summed E-state index contributed by atoms with van der Waals surface area (Å²) >= 11 is 0. The molecule has 1 aliphatic carbocycles. The van der Waals surface area contributed by atoms with Crippen LogP contribution < -0.4 is 5.43 Å². The number of fused-ring (bicyclic) bond motifs is 1. The lowest BCUT2D eigenvalue weighted by molar-refractivity contribution is -0.122. The van der Waals surface area contributed by atoms with E-state index in [1.54, 1.807) is 0 Å². The number of hydrogen-bond acceptors (Lipinski definition) is 5. The van der Waals surface area contributed by atoms with E-state index < -0.39 is 0 Å². The zero-order valence-electron chi connectivity index (χ0n) is 15.8. The van der Waals surface area contributed by atoms with E-state index in [2.05, 4.69) is 44.1 Å². The molecule has 0 unspecified atom stereocenters. The molecular weight excluding hydrogens is 352 g/mol. The van der Waals surface area contributed by atoms with Crippen molar-refractivity contribution in [2.24, 2.45) is 5.10 Å². The second-order valence-corrected chi connectivity index (χ2v) is 6.93. The minimum Gasteiger partial charge on any atom is -0.271 e. The summed E-state index contributed by atoms with van der Waals surface area (Å²) in [6, 6.07) is 16.0. The molecule has 2 aromatic carbocycles. The third kappa shape index (κ3) is 4.14. The van der Waals surface area contributed by atoms with Gasteiger partial charge in [0.25, 0.3) is 5.91 Å². The fraction of sp³-hybridized carbons (Fsp3) is 0.286. The van der Waals surface area contributed by atoms with Crippen molar-refractivity contribution in [1.29, 1.82) is 0 Å². The molecule has 3 aromatic rings. The number of tetrazole rings is 1. The van der Waals surface area contributed by atoms with Crippen LogP contribution in [0.4, 0.5) is 0 Å². The van der Waals surface area contributed by atoms with Crippen molar-refractivity contribution in [3.8, 4) is 11.4 Å². The molecular formula is C21H22N6O. The van der Waals surface area contributed by atoms with Crippen LogP contribution >= 0.6 is 0 Å². The predicted molar refractivity (Wildman–Crippen MR) is 107 cm³/mol. The molecule has 7 heteroatoms. The summed E-state index contributed by atoms with van der Waals surface area (Å²) in [5.41, 5.74) is 8.07. The lowest BCUT2D eigenvalue weighted by Gasteiger charge is -2.16. The van der Waals surface area contributed by atoms with Crippen LogP contribution in [0.25, 0.3) is 11.4 Å². The summed E-state index contributed by atoms with van der Waals surface area (Å²) in [7, 11) is 0. The van der Waals surface area contributed by atoms with E-state index in [1.807, 2.05) is 37.3 Å². The van der Waals surface area contributed by atoms with E-state index >= 15 is 0 Å². The molecule has 1 heterocycles. The van der Waals surface area contributed by atoms with Gasteiger partial charge >= 0.3 is 0 Å². The molecule has 7 nitrogen and oxygen atoms in total. The standard InChI is InChI=1S/C21H22N6O/c1-15(18-12-11-16-7-5-6-10-19(16)13-18)22-23-20(28)14-27-25-21(24-26-27)17-8-3-2-4-9-17/h2-4,8-9,11-13H,5-7,10,14H2,1H3,(H,23,28)/b22-15+. The van der Waals surface area contributed by atoms with Gasteiger partial charge in [0, 0.05) is 5.56 Å². The molecule has 1 amide bonds. The Kier molecular flexibility index (Phi) is 5.23. The van der Waals surface area contributed by atoms with Gasteiger partial charge in [-0.25, -0.2) is 5.43 Å². The summed E-state index contributed by atoms with van der Waals surface area (Å²) in [6.45, 7) is 1.85. The number of rotatable bonds is 5. The molecule has 0 fully saturated rings. The number of amides is 1. The third-order valence-electron chi connectivity index (χ3n) is 4.88. The van der Waals surface area contributed by atoms with Crippen molar-refractivity contribution in [2.45, 2.75) is 39.2 Å². The highest BCUT2D eigenvalue weighted by atomic mass is 16.2. The van der Waals surface area contributed by atoms with Crippen molar-refractivity contribution in [3.05, 3.63) is 65.2 Å². The summed E-state index contributed by atoms with van der Waals surface area (Å²) in [4.78, 5) is 13.4. The quantitative estimate of drug-likeness (QED) is 0.550. The van der Waals surface area contributed by atoms with Gasteiger partial charge in [-0.05, 0) is 60.6 Å². The highest BCUT2D eigenvalue weighted by Crippen LogP contribution is 2.22. The zero-order valence-corrected chi connectivity index (χ0v) is 15.8. The normalized spacial score (nSPS) is 13.8. The van der Waals surface area contributed by atoms with Gasteiger partial charge in [0.15, 0.2) is 0 Å². The van der Waals surface area contributed by atoms with Crippen molar-refractivity contribution in [2.75, 3.05) is 0 Å². The number of aromatic nitrogens is 4. The molecule has 0 aliphatic heterocycles. The molecule has 0 bridgehead atoms. The van der Waals surface area contributed by atoms with E-state index in [-0.39, 0.29) is 12.5 Å². The second-order valence-electron chi connectivity index (χ2n) is 6.93. The van der Waals surface area contributed by atoms with Gasteiger partial charge in [-0.2, -0.15) is 9.90 Å². The molecule has 4 rings (SSSR count). The Hall–Kier alpha value is -3.35. The van der Waals surface area contributed by atoms with Crippen LogP contribution in [0, 0.1) is 0 Å². The number of hydrogen-bond donors (Lipinski definition) is 1. The Morgan fingerprint density at radius 1 is 1.11 bits per heavy atom. The van der Waals surface area contributed by atoms with Crippen LogP contribution in [-0.2, 0) is 24.2 Å². The summed E-state index contributed by atoms with van der Waals surface area (Å²) in [6.07, 6.45) is 4.76. The van der Waals surface area contributed by atoms with E-state index in [4.69, 9.17) is 0 Å². The Labute approximate surface area is 163 Å². The van der Waals surface area contributed by atoms with Crippen LogP contribution in [0.15, 0.2) is 53.6 Å². The van der Waals surface area contributed by atoms with Gasteiger partial charge in [-0.15, -0.1) is 10.2 Å². The van der Waals surface area contributed by atoms with E-state index in [1.165, 1.54) is 28.8 Å². The molecule has 0 saturated heterocycles. The van der Waals surface area contributed by atoms with Crippen LogP contribution in [0.5, 0.6) is 0 Å². The summed E-state index contributed by atoms with van der Waals surface area (Å²) in [5.74, 6) is 0.191. The Morgan fingerprint density at radius 2 is 1.89 bits per heavy atom. The first-order chi connectivity index (χ1) is 13.7. The molecule has 1 aliphatic rings. The minimum absolute atomic E-state index is 0.0409. The molecule has 28 heavy (non-hydrogen) atoms. The summed E-state index contributed by atoms with van der Waals surface area (Å²) in [5, 5.41) is 16.4. The van der Waals surface area contributed by atoms with Crippen LogP contribution in [-0.4, -0.2) is 31.8 Å². The fourth-order valence-electron chi connectivity index (χ4n) is 3.35. The Balaban J connectivity index is 1.38. The number of aryl methyl sites for hydroxylation is 2. The number of hydrazone groups is 1. The topological polar surface area (TPSA) is 85.1 Å². The van der Waals surface area contributed by atoms with Gasteiger partial charge in [-0.1, -0.05) is 42.5 Å². The average Bonchev–Trinajstić information content (AvgIpc) is 3.20. The maximum Gasteiger partial charge on any atom is 0.263 e. The first-order valence-electron chi connectivity index (χ1n) is 9.47. The van der Waals surface area contributed by atoms with E-state index in [0.717, 1.165) is 29.7 Å². The number of benzene rings is 2. The van der Waals surface area contributed by atoms with Gasteiger partial charge in [0.05, 0.1) is 5.71 Å². The number of carbonyl (C=O) groups excluding carboxylic acids is 1. The molecule has 0 radical (unpaired) electrons. The van der Waals surface area contributed by atoms with Crippen LogP contribution in [0.3, 0.4) is 0 Å². The van der Waals surface area contributed by atoms with Gasteiger partial charge in [-0.3, -0.25) is 4.79 Å². The predicted octanol–water partition coefficient (Wildman–Crippen LogP) is 2.76. The maximum absolute atomic E-state index is 12.2. The van der Waals surface area contributed by atoms with Crippen LogP contribution in [0.1, 0.15) is 36.5 Å². The SMILES string of the molecule is C/C(=N\NC(=O)Cn1nnc(-c2ccccc2)n1)c1ccc2c(c1)CCCC2. The zero-order chi connectivity index (χ0) is 19.3. The monoisotopic (exact) mass is 374 g/mol. The van der Waals surface area contributed by atoms with Crippen LogP contribution in [0.2, 0.25) is 0 Å². The molecule has 0 atom stereocenters. The molecule has 1 N–H and O–H groups in total. The molecule has 142 valence electrons. The lowest BCUT2D eigenvalue weighted by Crippen LogP contribution is -2.25. The highest BCUT2D eigenvalue weighted by molar-refractivity contribution is 5.99. The van der Waals surface area contributed by atoms with Gasteiger partial charge < -0.3 is 0 Å². The van der Waals surface area contributed by atoms with Crippen molar-refractivity contribution < 1.29 is 4.79 Å². The highest BCUT2D eigenvalue weighted by Gasteiger charge is 2.11. The van der Waals surface area contributed by atoms with E-state index in [9.17, 15) is 4.79 Å². The van der Waals surface area contributed by atoms with Gasteiger partial charge in [0.2, 0.25) is 5.82 Å². The van der Waals surface area contributed by atoms with Gasteiger partial charge in [0.1, 0.15) is 6.54 Å². The van der Waals surface area contributed by atoms with Crippen molar-refractivity contribution >= 4 is 11.6 Å². The Bertz CT molecular complexity index is 1010. The number of nitrogens with one attached hydrogen (secondary N) is 1. The summed E-state index contributed by atoms with van der Waals surface area (Å²) < 4.78 is 0. The maximum atomic E-state index is 12.2. The Morgan fingerprint density at radius 3 is 2.71 bits per heavy atom. The second kappa shape index (κ2) is 8.12. The minimum atomic E-state index is -0.297. The smallest absolute Gasteiger partial charge is 0.263 e. The molecule has 0 spiro atoms. The first kappa shape index (κ1) is 18.0. The van der Waals surface area contributed by atoms with Crippen molar-refractivity contribution in [3.63, 3.8) is 0 Å². The molecule has 1 aromatic heterocycles. The average molecular weight is 374 g/mol. The number of nitrogens with zero attached hydrogens (tertiary/aromatic N) is 5. The first-order valence-corrected chi connectivity index (χ1v) is 9.47. The van der Waals surface area contributed by atoms with Crippen molar-refractivity contribution in [1.82, 2.24) is 25.6 Å². The third-order valence-corrected chi connectivity index (χ3v) is 4.88. The number of carbonyl (C=O) groups is 1. The fourth-order valence-corrected chi connectivity index (χ4v) is 3.35.